The summed E-state index contributed by atoms with van der Waals surface area (Å²) in [5.74, 6) is 0.932. The van der Waals surface area contributed by atoms with Crippen LogP contribution in [0.25, 0.3) is 0 Å². The summed E-state index contributed by atoms with van der Waals surface area (Å²) < 4.78 is 5.37. The first-order chi connectivity index (χ1) is 10.2. The highest BCUT2D eigenvalue weighted by Gasteiger charge is 2.32. The molecule has 0 aromatic heterocycles. The van der Waals surface area contributed by atoms with Crippen LogP contribution in [0.4, 0.5) is 5.69 Å². The monoisotopic (exact) mass is 280 g/mol. The molecule has 2 aromatic carbocycles. The predicted octanol–water partition coefficient (Wildman–Crippen LogP) is 2.36. The number of rotatable bonds is 2. The zero-order valence-electron chi connectivity index (χ0n) is 11.5. The van der Waals surface area contributed by atoms with E-state index in [1.54, 1.807) is 0 Å². The first-order valence-corrected chi connectivity index (χ1v) is 7.12. The molecule has 21 heavy (non-hydrogen) atoms. The molecule has 0 bridgehead atoms. The van der Waals surface area contributed by atoms with Crippen molar-refractivity contribution in [2.75, 3.05) is 11.9 Å². The topological polar surface area (TPSA) is 64.3 Å². The van der Waals surface area contributed by atoms with Crippen molar-refractivity contribution in [3.63, 3.8) is 0 Å². The average Bonchev–Trinajstić information content (AvgIpc) is 2.47. The van der Waals surface area contributed by atoms with Gasteiger partial charge in [-0.05, 0) is 35.2 Å². The van der Waals surface area contributed by atoms with Crippen LogP contribution >= 0.6 is 0 Å². The number of ether oxygens (including phenoxy) is 1. The average molecular weight is 280 g/mol. The molecule has 0 saturated carbocycles. The Morgan fingerprint density at radius 2 is 2.10 bits per heavy atom. The van der Waals surface area contributed by atoms with Crippen molar-refractivity contribution in [2.24, 2.45) is 5.73 Å². The smallest absolute Gasteiger partial charge is 0.262 e. The maximum atomic E-state index is 11.4. The lowest BCUT2D eigenvalue weighted by molar-refractivity contribution is -0.118. The first kappa shape index (κ1) is 12.4. The number of carbonyl (C=O) groups is 1. The minimum atomic E-state index is -0.123. The SMILES string of the molecule is NC(c1ccc2c(c1)NC(=O)CO2)C1Cc2ccccc21. The van der Waals surface area contributed by atoms with Gasteiger partial charge in [-0.25, -0.2) is 0 Å². The molecule has 1 amide bonds. The maximum absolute atomic E-state index is 11.4. The third kappa shape index (κ3) is 1.99. The van der Waals surface area contributed by atoms with Gasteiger partial charge in [-0.15, -0.1) is 0 Å². The van der Waals surface area contributed by atoms with E-state index in [4.69, 9.17) is 10.5 Å². The van der Waals surface area contributed by atoms with Gasteiger partial charge >= 0.3 is 0 Å². The molecular weight excluding hydrogens is 264 g/mol. The Balaban J connectivity index is 1.63. The Morgan fingerprint density at radius 3 is 2.95 bits per heavy atom. The minimum Gasteiger partial charge on any atom is -0.482 e. The lowest BCUT2D eigenvalue weighted by atomic mass is 9.72. The van der Waals surface area contributed by atoms with Crippen molar-refractivity contribution < 1.29 is 9.53 Å². The van der Waals surface area contributed by atoms with E-state index in [1.807, 2.05) is 18.2 Å². The van der Waals surface area contributed by atoms with E-state index in [0.717, 1.165) is 12.0 Å². The Bertz CT molecular complexity index is 726. The summed E-state index contributed by atoms with van der Waals surface area (Å²) in [4.78, 5) is 11.4. The third-order valence-electron chi connectivity index (χ3n) is 4.35. The van der Waals surface area contributed by atoms with E-state index < -0.39 is 0 Å². The molecule has 4 heteroatoms. The summed E-state index contributed by atoms with van der Waals surface area (Å²) in [7, 11) is 0. The molecule has 4 rings (SSSR count). The fourth-order valence-corrected chi connectivity index (χ4v) is 3.16. The van der Waals surface area contributed by atoms with Crippen LogP contribution < -0.4 is 15.8 Å². The summed E-state index contributed by atoms with van der Waals surface area (Å²) in [5.41, 5.74) is 10.9. The largest absolute Gasteiger partial charge is 0.482 e. The predicted molar refractivity (Wildman–Crippen MR) is 80.4 cm³/mol. The van der Waals surface area contributed by atoms with Gasteiger partial charge in [0, 0.05) is 12.0 Å². The van der Waals surface area contributed by atoms with E-state index >= 15 is 0 Å². The van der Waals surface area contributed by atoms with Gasteiger partial charge in [-0.1, -0.05) is 30.3 Å². The van der Waals surface area contributed by atoms with Gasteiger partial charge < -0.3 is 15.8 Å². The van der Waals surface area contributed by atoms with Crippen molar-refractivity contribution in [1.82, 2.24) is 0 Å². The van der Waals surface area contributed by atoms with Crippen molar-refractivity contribution in [3.05, 3.63) is 59.2 Å². The van der Waals surface area contributed by atoms with E-state index in [0.29, 0.717) is 17.4 Å². The first-order valence-electron chi connectivity index (χ1n) is 7.12. The van der Waals surface area contributed by atoms with Crippen LogP contribution in [0.15, 0.2) is 42.5 Å². The minimum absolute atomic E-state index is 0.0657. The summed E-state index contributed by atoms with van der Waals surface area (Å²) in [6, 6.07) is 14.1. The molecule has 0 radical (unpaired) electrons. The molecule has 1 aliphatic heterocycles. The van der Waals surface area contributed by atoms with Crippen LogP contribution in [0.3, 0.4) is 0 Å². The number of hydrogen-bond donors (Lipinski definition) is 2. The molecule has 2 aliphatic rings. The lowest BCUT2D eigenvalue weighted by Crippen LogP contribution is -2.29. The zero-order valence-corrected chi connectivity index (χ0v) is 11.5. The summed E-state index contributed by atoms with van der Waals surface area (Å²) >= 11 is 0. The Hall–Kier alpha value is -2.33. The number of nitrogens with two attached hydrogens (primary N) is 1. The van der Waals surface area contributed by atoms with Gasteiger partial charge in [0.2, 0.25) is 0 Å². The molecule has 4 nitrogen and oxygen atoms in total. The number of amides is 1. The van der Waals surface area contributed by atoms with Crippen LogP contribution in [0.2, 0.25) is 0 Å². The zero-order chi connectivity index (χ0) is 14.4. The van der Waals surface area contributed by atoms with E-state index in [1.165, 1.54) is 11.1 Å². The summed E-state index contributed by atoms with van der Waals surface area (Å²) in [5, 5.41) is 2.83. The second-order valence-electron chi connectivity index (χ2n) is 5.63. The number of benzene rings is 2. The number of nitrogens with one attached hydrogen (secondary N) is 1. The van der Waals surface area contributed by atoms with E-state index in [9.17, 15) is 4.79 Å². The number of fused-ring (bicyclic) bond motifs is 2. The van der Waals surface area contributed by atoms with Crippen molar-refractivity contribution in [2.45, 2.75) is 18.4 Å². The van der Waals surface area contributed by atoms with E-state index in [-0.39, 0.29) is 18.6 Å². The Kier molecular flexibility index (Phi) is 2.72. The molecule has 2 atom stereocenters. The highest BCUT2D eigenvalue weighted by molar-refractivity contribution is 5.95. The maximum Gasteiger partial charge on any atom is 0.262 e. The molecule has 2 unspecified atom stereocenters. The van der Waals surface area contributed by atoms with Crippen LogP contribution in [-0.4, -0.2) is 12.5 Å². The third-order valence-corrected chi connectivity index (χ3v) is 4.35. The van der Waals surface area contributed by atoms with Gasteiger partial charge in [-0.3, -0.25) is 4.79 Å². The number of carbonyl (C=O) groups excluding carboxylic acids is 1. The quantitative estimate of drug-likeness (QED) is 0.887. The molecule has 0 saturated heterocycles. The van der Waals surface area contributed by atoms with Crippen LogP contribution in [-0.2, 0) is 11.2 Å². The molecule has 1 heterocycles. The Morgan fingerprint density at radius 1 is 1.24 bits per heavy atom. The van der Waals surface area contributed by atoms with Crippen LogP contribution in [0.5, 0.6) is 5.75 Å². The fourth-order valence-electron chi connectivity index (χ4n) is 3.16. The van der Waals surface area contributed by atoms with Crippen molar-refractivity contribution in [1.29, 1.82) is 0 Å². The van der Waals surface area contributed by atoms with Gasteiger partial charge in [0.15, 0.2) is 6.61 Å². The summed E-state index contributed by atoms with van der Waals surface area (Å²) in [6.45, 7) is 0.0778. The lowest BCUT2D eigenvalue weighted by Gasteiger charge is -2.35. The molecule has 106 valence electrons. The van der Waals surface area contributed by atoms with Crippen molar-refractivity contribution >= 4 is 11.6 Å². The molecule has 0 fully saturated rings. The van der Waals surface area contributed by atoms with Crippen molar-refractivity contribution in [3.8, 4) is 5.75 Å². The van der Waals surface area contributed by atoms with Crippen LogP contribution in [0, 0.1) is 0 Å². The standard InChI is InChI=1S/C17H16N2O2/c18-17(13-7-10-3-1-2-4-12(10)13)11-5-6-15-14(8-11)19-16(20)9-21-15/h1-6,8,13,17H,7,9,18H2,(H,19,20). The highest BCUT2D eigenvalue weighted by Crippen LogP contribution is 2.43. The Labute approximate surface area is 122 Å². The van der Waals surface area contributed by atoms with E-state index in [2.05, 4.69) is 29.6 Å². The second-order valence-corrected chi connectivity index (χ2v) is 5.63. The molecule has 0 spiro atoms. The highest BCUT2D eigenvalue weighted by atomic mass is 16.5. The molecule has 1 aliphatic carbocycles. The molecule has 2 aromatic rings. The molecular formula is C17H16N2O2. The van der Waals surface area contributed by atoms with Gasteiger partial charge in [0.25, 0.3) is 5.91 Å². The summed E-state index contributed by atoms with van der Waals surface area (Å²) in [6.07, 6.45) is 1.01. The van der Waals surface area contributed by atoms with Gasteiger partial charge in [-0.2, -0.15) is 0 Å². The van der Waals surface area contributed by atoms with Gasteiger partial charge in [0.1, 0.15) is 5.75 Å². The molecule has 3 N–H and O–H groups in total. The fraction of sp³-hybridized carbons (Fsp3) is 0.235. The second kappa shape index (κ2) is 4.60. The number of anilines is 1. The normalized spacial score (nSPS) is 20.4. The van der Waals surface area contributed by atoms with Gasteiger partial charge in [0.05, 0.1) is 5.69 Å². The number of hydrogen-bond acceptors (Lipinski definition) is 3. The van der Waals surface area contributed by atoms with Crippen LogP contribution in [0.1, 0.15) is 28.7 Å².